The van der Waals surface area contributed by atoms with Crippen molar-refractivity contribution in [3.63, 3.8) is 0 Å². The van der Waals surface area contributed by atoms with Crippen molar-refractivity contribution in [1.29, 1.82) is 0 Å². The van der Waals surface area contributed by atoms with Crippen LogP contribution >= 0.6 is 15.9 Å². The lowest BCUT2D eigenvalue weighted by molar-refractivity contribution is 0.998. The van der Waals surface area contributed by atoms with Crippen LogP contribution in [0.2, 0.25) is 0 Å². The number of rotatable bonds is 2. The first-order valence-electron chi connectivity index (χ1n) is 4.76. The summed E-state index contributed by atoms with van der Waals surface area (Å²) in [5, 5.41) is 0. The molecule has 0 amide bonds. The Morgan fingerprint density at radius 1 is 1.20 bits per heavy atom. The van der Waals surface area contributed by atoms with Gasteiger partial charge in [0.05, 0.1) is 0 Å². The molecule has 0 N–H and O–H groups in total. The van der Waals surface area contributed by atoms with Gasteiger partial charge in [-0.1, -0.05) is 28.1 Å². The molecule has 1 heterocycles. The third-order valence-electron chi connectivity index (χ3n) is 2.13. The van der Waals surface area contributed by atoms with Crippen LogP contribution in [0.1, 0.15) is 17.0 Å². The Balaban J connectivity index is 2.22. The van der Waals surface area contributed by atoms with Crippen molar-refractivity contribution in [2.24, 2.45) is 0 Å². The third kappa shape index (κ3) is 2.86. The normalized spacial score (nSPS) is 10.3. The minimum Gasteiger partial charge on any atom is -0.242 e. The van der Waals surface area contributed by atoms with Crippen molar-refractivity contribution in [1.82, 2.24) is 9.97 Å². The molecule has 2 rings (SSSR count). The number of nitrogens with zero attached hydrogens (tertiary/aromatic N) is 2. The summed E-state index contributed by atoms with van der Waals surface area (Å²) in [5.41, 5.74) is 3.32. The number of hydrogen-bond donors (Lipinski definition) is 0. The number of aryl methyl sites for hydroxylation is 1. The highest BCUT2D eigenvalue weighted by Gasteiger charge is 1.98. The van der Waals surface area contributed by atoms with Crippen LogP contribution in [0.25, 0.3) is 0 Å². The standard InChI is InChI=1S/C12H11BrN2/c1-9-5-12(15-8-14-9)7-10-3-2-4-11(13)6-10/h2-6,8H,7H2,1H3. The Bertz CT molecular complexity index is 425. The Kier molecular flexibility index (Phi) is 3.11. The van der Waals surface area contributed by atoms with E-state index in [1.807, 2.05) is 25.1 Å². The monoisotopic (exact) mass is 262 g/mol. The lowest BCUT2D eigenvalue weighted by Crippen LogP contribution is -1.94. The molecule has 0 radical (unpaired) electrons. The molecule has 0 saturated carbocycles. The van der Waals surface area contributed by atoms with E-state index in [4.69, 9.17) is 0 Å². The molecule has 76 valence electrons. The van der Waals surface area contributed by atoms with Gasteiger partial charge in [0.25, 0.3) is 0 Å². The van der Waals surface area contributed by atoms with Crippen molar-refractivity contribution in [3.05, 3.63) is 58.1 Å². The molecule has 3 heteroatoms. The minimum atomic E-state index is 0.850. The topological polar surface area (TPSA) is 25.8 Å². The summed E-state index contributed by atoms with van der Waals surface area (Å²) in [6.45, 7) is 1.98. The highest BCUT2D eigenvalue weighted by Crippen LogP contribution is 2.14. The summed E-state index contributed by atoms with van der Waals surface area (Å²) in [4.78, 5) is 8.32. The van der Waals surface area contributed by atoms with Crippen LogP contribution in [-0.2, 0) is 6.42 Å². The van der Waals surface area contributed by atoms with E-state index in [2.05, 4.69) is 38.0 Å². The molecule has 1 aromatic carbocycles. The Morgan fingerprint density at radius 3 is 2.80 bits per heavy atom. The lowest BCUT2D eigenvalue weighted by atomic mass is 10.1. The zero-order valence-corrected chi connectivity index (χ0v) is 10.0. The van der Waals surface area contributed by atoms with E-state index in [-0.39, 0.29) is 0 Å². The van der Waals surface area contributed by atoms with Gasteiger partial charge in [0, 0.05) is 22.3 Å². The highest BCUT2D eigenvalue weighted by atomic mass is 79.9. The second-order valence-corrected chi connectivity index (χ2v) is 4.37. The van der Waals surface area contributed by atoms with Gasteiger partial charge in [0.2, 0.25) is 0 Å². The summed E-state index contributed by atoms with van der Waals surface area (Å²) in [6.07, 6.45) is 2.46. The molecule has 0 fully saturated rings. The molecule has 0 aliphatic carbocycles. The van der Waals surface area contributed by atoms with E-state index in [0.717, 1.165) is 22.3 Å². The molecule has 0 unspecified atom stereocenters. The fourth-order valence-corrected chi connectivity index (χ4v) is 1.91. The Labute approximate surface area is 97.5 Å². The van der Waals surface area contributed by atoms with Crippen molar-refractivity contribution < 1.29 is 0 Å². The molecule has 15 heavy (non-hydrogen) atoms. The first-order chi connectivity index (χ1) is 7.24. The Morgan fingerprint density at radius 2 is 2.07 bits per heavy atom. The fourth-order valence-electron chi connectivity index (χ4n) is 1.46. The van der Waals surface area contributed by atoms with Crippen LogP contribution in [0.5, 0.6) is 0 Å². The smallest absolute Gasteiger partial charge is 0.115 e. The predicted molar refractivity (Wildman–Crippen MR) is 63.7 cm³/mol. The second kappa shape index (κ2) is 4.53. The van der Waals surface area contributed by atoms with Crippen LogP contribution in [0, 0.1) is 6.92 Å². The average molecular weight is 263 g/mol. The van der Waals surface area contributed by atoms with E-state index in [9.17, 15) is 0 Å². The summed E-state index contributed by atoms with van der Waals surface area (Å²) < 4.78 is 1.10. The molecule has 0 bridgehead atoms. The van der Waals surface area contributed by atoms with Crippen LogP contribution < -0.4 is 0 Å². The average Bonchev–Trinajstić information content (AvgIpc) is 2.17. The molecule has 0 aliphatic heterocycles. The zero-order valence-electron chi connectivity index (χ0n) is 8.44. The largest absolute Gasteiger partial charge is 0.242 e. The molecule has 2 nitrogen and oxygen atoms in total. The van der Waals surface area contributed by atoms with Gasteiger partial charge in [0.15, 0.2) is 0 Å². The maximum Gasteiger partial charge on any atom is 0.115 e. The van der Waals surface area contributed by atoms with E-state index in [0.29, 0.717) is 0 Å². The van der Waals surface area contributed by atoms with Gasteiger partial charge in [-0.15, -0.1) is 0 Å². The molecule has 2 aromatic rings. The number of benzene rings is 1. The van der Waals surface area contributed by atoms with E-state index < -0.39 is 0 Å². The lowest BCUT2D eigenvalue weighted by Gasteiger charge is -2.02. The van der Waals surface area contributed by atoms with Crippen LogP contribution in [-0.4, -0.2) is 9.97 Å². The molecular weight excluding hydrogens is 252 g/mol. The predicted octanol–water partition coefficient (Wildman–Crippen LogP) is 3.14. The van der Waals surface area contributed by atoms with Gasteiger partial charge in [0.1, 0.15) is 6.33 Å². The molecule has 1 aromatic heterocycles. The van der Waals surface area contributed by atoms with E-state index in [1.54, 1.807) is 6.33 Å². The van der Waals surface area contributed by atoms with Crippen LogP contribution in [0.3, 0.4) is 0 Å². The van der Waals surface area contributed by atoms with Gasteiger partial charge in [-0.05, 0) is 30.7 Å². The number of halogens is 1. The minimum absolute atomic E-state index is 0.850. The summed E-state index contributed by atoms with van der Waals surface area (Å²) in [6, 6.07) is 10.3. The first-order valence-corrected chi connectivity index (χ1v) is 5.55. The van der Waals surface area contributed by atoms with Crippen molar-refractivity contribution in [3.8, 4) is 0 Å². The van der Waals surface area contributed by atoms with Crippen molar-refractivity contribution in [2.45, 2.75) is 13.3 Å². The molecule has 0 aliphatic rings. The van der Waals surface area contributed by atoms with Gasteiger partial charge in [-0.3, -0.25) is 0 Å². The maximum absolute atomic E-state index is 4.24. The second-order valence-electron chi connectivity index (χ2n) is 3.46. The van der Waals surface area contributed by atoms with Crippen LogP contribution in [0.15, 0.2) is 41.1 Å². The SMILES string of the molecule is Cc1cc(Cc2cccc(Br)c2)ncn1. The summed E-state index contributed by atoms with van der Waals surface area (Å²) in [7, 11) is 0. The van der Waals surface area contributed by atoms with Gasteiger partial charge in [-0.2, -0.15) is 0 Å². The summed E-state index contributed by atoms with van der Waals surface area (Å²) >= 11 is 3.46. The fraction of sp³-hybridized carbons (Fsp3) is 0.167. The van der Waals surface area contributed by atoms with Gasteiger partial charge < -0.3 is 0 Å². The third-order valence-corrected chi connectivity index (χ3v) is 2.63. The molecule has 0 spiro atoms. The van der Waals surface area contributed by atoms with Gasteiger partial charge >= 0.3 is 0 Å². The number of hydrogen-bond acceptors (Lipinski definition) is 2. The summed E-state index contributed by atoms with van der Waals surface area (Å²) in [5.74, 6) is 0. The number of aromatic nitrogens is 2. The molecular formula is C12H11BrN2. The van der Waals surface area contributed by atoms with Crippen LogP contribution in [0.4, 0.5) is 0 Å². The van der Waals surface area contributed by atoms with E-state index in [1.165, 1.54) is 5.56 Å². The maximum atomic E-state index is 4.24. The van der Waals surface area contributed by atoms with Crippen molar-refractivity contribution >= 4 is 15.9 Å². The first kappa shape index (κ1) is 10.3. The van der Waals surface area contributed by atoms with Gasteiger partial charge in [-0.25, -0.2) is 9.97 Å². The zero-order chi connectivity index (χ0) is 10.7. The van der Waals surface area contributed by atoms with E-state index >= 15 is 0 Å². The van der Waals surface area contributed by atoms with Crippen molar-refractivity contribution in [2.75, 3.05) is 0 Å². The highest BCUT2D eigenvalue weighted by molar-refractivity contribution is 9.10. The molecule has 0 atom stereocenters. The molecule has 0 saturated heterocycles. The quantitative estimate of drug-likeness (QED) is 0.831. The Hall–Kier alpha value is -1.22.